The highest BCUT2D eigenvalue weighted by molar-refractivity contribution is 5.97. The van der Waals surface area contributed by atoms with Crippen LogP contribution in [-0.4, -0.2) is 41.9 Å². The number of benzene rings is 1. The van der Waals surface area contributed by atoms with Gasteiger partial charge in [0.2, 0.25) is 5.91 Å². The van der Waals surface area contributed by atoms with Crippen LogP contribution in [0, 0.1) is 0 Å². The third-order valence-electron chi connectivity index (χ3n) is 5.71. The van der Waals surface area contributed by atoms with Crippen molar-refractivity contribution in [3.8, 4) is 22.5 Å². The molecule has 0 bridgehead atoms. The van der Waals surface area contributed by atoms with E-state index >= 15 is 0 Å². The molecule has 0 saturated carbocycles. The quantitative estimate of drug-likeness (QED) is 0.496. The van der Waals surface area contributed by atoms with Gasteiger partial charge in [0, 0.05) is 80.7 Å². The Kier molecular flexibility index (Phi) is 5.59. The number of hydrogen-bond acceptors (Lipinski definition) is 4. The summed E-state index contributed by atoms with van der Waals surface area (Å²) in [5.74, 6) is 0.103. The standard InChI is InChI=1S/C22H22N6O.C2H6/c1-14(29)28-8-7-21-19(13-28)22(25-27(21)3)17-6-4-5-15-9-20(23-11-18(15)17)16-10-24-26(2)12-16;1-2/h4-6,9-12H,7-8,13H2,1-3H3;1-2H3. The summed E-state index contributed by atoms with van der Waals surface area (Å²) in [4.78, 5) is 18.5. The Morgan fingerprint density at radius 1 is 1.13 bits per heavy atom. The molecule has 0 saturated heterocycles. The van der Waals surface area contributed by atoms with Crippen LogP contribution in [0.4, 0.5) is 0 Å². The van der Waals surface area contributed by atoms with Crippen molar-refractivity contribution in [2.24, 2.45) is 14.1 Å². The second-order valence-electron chi connectivity index (χ2n) is 7.59. The van der Waals surface area contributed by atoms with Crippen LogP contribution in [0.1, 0.15) is 32.0 Å². The molecule has 0 aliphatic carbocycles. The summed E-state index contributed by atoms with van der Waals surface area (Å²) in [5.41, 5.74) is 6.22. The van der Waals surface area contributed by atoms with Gasteiger partial charge in [0.1, 0.15) is 0 Å². The summed E-state index contributed by atoms with van der Waals surface area (Å²) in [6, 6.07) is 8.32. The van der Waals surface area contributed by atoms with Crippen molar-refractivity contribution in [1.82, 2.24) is 29.4 Å². The van der Waals surface area contributed by atoms with Crippen LogP contribution in [-0.2, 0) is 31.9 Å². The summed E-state index contributed by atoms with van der Waals surface area (Å²) < 4.78 is 3.73. The number of aryl methyl sites for hydroxylation is 2. The lowest BCUT2D eigenvalue weighted by molar-refractivity contribution is -0.129. The molecule has 1 aromatic carbocycles. The zero-order valence-corrected chi connectivity index (χ0v) is 18.8. The van der Waals surface area contributed by atoms with E-state index in [1.807, 2.05) is 56.1 Å². The van der Waals surface area contributed by atoms with Gasteiger partial charge >= 0.3 is 0 Å². The van der Waals surface area contributed by atoms with Crippen molar-refractivity contribution in [2.75, 3.05) is 6.54 Å². The third kappa shape index (κ3) is 3.71. The summed E-state index contributed by atoms with van der Waals surface area (Å²) in [6.45, 7) is 6.97. The molecule has 1 aliphatic heterocycles. The molecule has 5 rings (SSSR count). The van der Waals surface area contributed by atoms with Gasteiger partial charge < -0.3 is 4.90 Å². The van der Waals surface area contributed by atoms with Crippen molar-refractivity contribution in [1.29, 1.82) is 0 Å². The number of nitrogens with zero attached hydrogens (tertiary/aromatic N) is 6. The number of fused-ring (bicyclic) bond motifs is 2. The maximum absolute atomic E-state index is 11.9. The molecule has 3 aromatic heterocycles. The number of hydrogen-bond donors (Lipinski definition) is 0. The summed E-state index contributed by atoms with van der Waals surface area (Å²) in [5, 5.41) is 11.2. The predicted octanol–water partition coefficient (Wildman–Crippen LogP) is 3.97. The molecule has 4 aromatic rings. The molecule has 0 atom stereocenters. The Labute approximate surface area is 182 Å². The largest absolute Gasteiger partial charge is 0.338 e. The minimum Gasteiger partial charge on any atom is -0.338 e. The first-order valence-electron chi connectivity index (χ1n) is 10.7. The molecular weight excluding hydrogens is 388 g/mol. The van der Waals surface area contributed by atoms with Crippen molar-refractivity contribution in [3.63, 3.8) is 0 Å². The molecule has 31 heavy (non-hydrogen) atoms. The molecule has 1 aliphatic rings. The Morgan fingerprint density at radius 3 is 2.65 bits per heavy atom. The van der Waals surface area contributed by atoms with Crippen LogP contribution < -0.4 is 0 Å². The van der Waals surface area contributed by atoms with Crippen LogP contribution in [0.2, 0.25) is 0 Å². The molecule has 7 heteroatoms. The minimum absolute atomic E-state index is 0.103. The van der Waals surface area contributed by atoms with Crippen LogP contribution in [0.15, 0.2) is 42.9 Å². The van der Waals surface area contributed by atoms with Crippen molar-refractivity contribution >= 4 is 16.7 Å². The van der Waals surface area contributed by atoms with Crippen molar-refractivity contribution < 1.29 is 4.79 Å². The molecule has 160 valence electrons. The molecule has 0 radical (unpaired) electrons. The minimum atomic E-state index is 0.103. The van der Waals surface area contributed by atoms with Gasteiger partial charge in [-0.2, -0.15) is 10.2 Å². The molecule has 0 fully saturated rings. The van der Waals surface area contributed by atoms with Crippen LogP contribution in [0.3, 0.4) is 0 Å². The molecule has 0 N–H and O–H groups in total. The van der Waals surface area contributed by atoms with Gasteiger partial charge in [-0.15, -0.1) is 0 Å². The van der Waals surface area contributed by atoms with Crippen LogP contribution in [0.25, 0.3) is 33.3 Å². The van der Waals surface area contributed by atoms with E-state index in [0.29, 0.717) is 6.54 Å². The van der Waals surface area contributed by atoms with Crippen molar-refractivity contribution in [2.45, 2.75) is 33.7 Å². The monoisotopic (exact) mass is 416 g/mol. The van der Waals surface area contributed by atoms with E-state index in [1.54, 1.807) is 11.6 Å². The van der Waals surface area contributed by atoms with Gasteiger partial charge in [-0.1, -0.05) is 32.0 Å². The maximum Gasteiger partial charge on any atom is 0.219 e. The van der Waals surface area contributed by atoms with Gasteiger partial charge in [0.25, 0.3) is 0 Å². The van der Waals surface area contributed by atoms with Gasteiger partial charge in [-0.3, -0.25) is 19.1 Å². The second kappa shape index (κ2) is 8.34. The summed E-state index contributed by atoms with van der Waals surface area (Å²) in [7, 11) is 3.88. The average molecular weight is 417 g/mol. The zero-order chi connectivity index (χ0) is 22.1. The number of carbonyl (C=O) groups excluding carboxylic acids is 1. The highest BCUT2D eigenvalue weighted by atomic mass is 16.2. The smallest absolute Gasteiger partial charge is 0.219 e. The number of pyridine rings is 1. The molecule has 1 amide bonds. The molecular formula is C24H28N6O. The fourth-order valence-corrected chi connectivity index (χ4v) is 4.17. The summed E-state index contributed by atoms with van der Waals surface area (Å²) >= 11 is 0. The van der Waals surface area contributed by atoms with Crippen LogP contribution >= 0.6 is 0 Å². The Balaban J connectivity index is 0.00000112. The third-order valence-corrected chi connectivity index (χ3v) is 5.71. The normalized spacial score (nSPS) is 13.0. The second-order valence-corrected chi connectivity index (χ2v) is 7.59. The Morgan fingerprint density at radius 2 is 1.94 bits per heavy atom. The molecule has 7 nitrogen and oxygen atoms in total. The van der Waals surface area contributed by atoms with E-state index in [9.17, 15) is 4.79 Å². The lowest BCUT2D eigenvalue weighted by Crippen LogP contribution is -2.34. The number of amides is 1. The zero-order valence-electron chi connectivity index (χ0n) is 18.8. The van der Waals surface area contributed by atoms with Gasteiger partial charge in [-0.05, 0) is 11.5 Å². The SMILES string of the molecule is CC.CC(=O)N1CCc2c(c(-c3cccc4cc(-c5cnn(C)c5)ncc34)nn2C)C1. The number of rotatable bonds is 2. The lowest BCUT2D eigenvalue weighted by Gasteiger charge is -2.26. The predicted molar refractivity (Wildman–Crippen MR) is 122 cm³/mol. The Hall–Kier alpha value is -3.48. The van der Waals surface area contributed by atoms with Gasteiger partial charge in [0.05, 0.1) is 17.6 Å². The van der Waals surface area contributed by atoms with Gasteiger partial charge in [0.15, 0.2) is 0 Å². The number of carbonyl (C=O) groups is 1. The number of aromatic nitrogens is 5. The Bertz CT molecular complexity index is 1250. The first-order valence-corrected chi connectivity index (χ1v) is 10.7. The van der Waals surface area contributed by atoms with E-state index in [2.05, 4.69) is 34.3 Å². The fraction of sp³-hybridized carbons (Fsp3) is 0.333. The van der Waals surface area contributed by atoms with E-state index in [1.165, 1.54) is 5.69 Å². The van der Waals surface area contributed by atoms with Gasteiger partial charge in [-0.25, -0.2) is 0 Å². The van der Waals surface area contributed by atoms with E-state index in [-0.39, 0.29) is 5.91 Å². The highest BCUT2D eigenvalue weighted by Gasteiger charge is 2.26. The average Bonchev–Trinajstić information content (AvgIpc) is 3.37. The highest BCUT2D eigenvalue weighted by Crippen LogP contribution is 2.34. The first-order chi connectivity index (χ1) is 15.0. The maximum atomic E-state index is 11.9. The van der Waals surface area contributed by atoms with Crippen molar-refractivity contribution in [3.05, 3.63) is 54.1 Å². The van der Waals surface area contributed by atoms with E-state index in [4.69, 9.17) is 5.10 Å². The molecule has 4 heterocycles. The van der Waals surface area contributed by atoms with E-state index in [0.717, 1.165) is 51.8 Å². The fourth-order valence-electron chi connectivity index (χ4n) is 4.17. The topological polar surface area (TPSA) is 68.8 Å². The first kappa shape index (κ1) is 20.8. The van der Waals surface area contributed by atoms with E-state index < -0.39 is 0 Å². The lowest BCUT2D eigenvalue weighted by atomic mass is 9.97. The molecule has 0 spiro atoms. The van der Waals surface area contributed by atoms with Crippen LogP contribution in [0.5, 0.6) is 0 Å². The summed E-state index contributed by atoms with van der Waals surface area (Å²) in [6.07, 6.45) is 6.53. The molecule has 0 unspecified atom stereocenters.